The fourth-order valence-corrected chi connectivity index (χ4v) is 6.64. The van der Waals surface area contributed by atoms with E-state index in [1.807, 2.05) is 36.4 Å². The maximum Gasteiger partial charge on any atom is 0.354 e. The van der Waals surface area contributed by atoms with Crippen LogP contribution in [0.1, 0.15) is 65.7 Å². The molecule has 1 N–H and O–H groups in total. The summed E-state index contributed by atoms with van der Waals surface area (Å²) in [6.45, 7) is 2.77. The molecule has 6 heteroatoms. The Hall–Kier alpha value is -3.90. The van der Waals surface area contributed by atoms with Crippen molar-refractivity contribution in [1.82, 2.24) is 4.40 Å². The molecular formula is C32H29NO4S. The second-order valence-corrected chi connectivity index (χ2v) is 11.0. The first-order valence-electron chi connectivity index (χ1n) is 13.2. The van der Waals surface area contributed by atoms with E-state index in [-0.39, 0.29) is 11.3 Å². The third-order valence-corrected chi connectivity index (χ3v) is 8.50. The highest BCUT2D eigenvalue weighted by Crippen LogP contribution is 2.47. The number of rotatable bonds is 9. The van der Waals surface area contributed by atoms with Gasteiger partial charge in [-0.25, -0.2) is 4.79 Å². The number of nitrogens with zero attached hydrogens (tertiary/aromatic N) is 1. The van der Waals surface area contributed by atoms with Crippen molar-refractivity contribution in [2.75, 3.05) is 6.61 Å². The summed E-state index contributed by atoms with van der Waals surface area (Å²) in [5, 5.41) is 12.6. The average molecular weight is 524 g/mol. The van der Waals surface area contributed by atoms with Gasteiger partial charge in [-0.2, -0.15) is 0 Å². The summed E-state index contributed by atoms with van der Waals surface area (Å²) in [6.07, 6.45) is 4.78. The highest BCUT2D eigenvalue weighted by Gasteiger charge is 2.32. The number of fused-ring (bicyclic) bond motifs is 2. The van der Waals surface area contributed by atoms with Gasteiger partial charge in [-0.3, -0.25) is 9.20 Å². The van der Waals surface area contributed by atoms with Crippen LogP contribution in [0, 0.1) is 0 Å². The van der Waals surface area contributed by atoms with Gasteiger partial charge >= 0.3 is 5.97 Å². The summed E-state index contributed by atoms with van der Waals surface area (Å²) in [6, 6.07) is 23.7. The number of carboxylic acids is 1. The number of hydrogen-bond acceptors (Lipinski definition) is 4. The maximum atomic E-state index is 13.5. The molecule has 0 amide bonds. The average Bonchev–Trinajstić information content (AvgIpc) is 3.67. The molecular weight excluding hydrogens is 494 g/mol. The summed E-state index contributed by atoms with van der Waals surface area (Å²) in [7, 11) is 0. The van der Waals surface area contributed by atoms with E-state index in [1.165, 1.54) is 32.1 Å². The van der Waals surface area contributed by atoms with Crippen LogP contribution in [-0.2, 0) is 6.42 Å². The monoisotopic (exact) mass is 523 g/mol. The van der Waals surface area contributed by atoms with E-state index in [1.54, 1.807) is 6.07 Å². The Morgan fingerprint density at radius 3 is 2.53 bits per heavy atom. The largest absolute Gasteiger partial charge is 0.494 e. The van der Waals surface area contributed by atoms with Gasteiger partial charge in [0.15, 0.2) is 5.69 Å². The van der Waals surface area contributed by atoms with Gasteiger partial charge in [-0.15, -0.1) is 11.3 Å². The van der Waals surface area contributed by atoms with Crippen LogP contribution in [0.15, 0.2) is 77.6 Å². The van der Waals surface area contributed by atoms with E-state index >= 15 is 0 Å². The maximum absolute atomic E-state index is 13.5. The molecule has 2 heterocycles. The molecule has 1 fully saturated rings. The minimum atomic E-state index is -1.10. The van der Waals surface area contributed by atoms with Crippen LogP contribution in [-0.4, -0.2) is 22.1 Å². The molecule has 0 aliphatic heterocycles. The number of thiazole rings is 1. The smallest absolute Gasteiger partial charge is 0.354 e. The summed E-state index contributed by atoms with van der Waals surface area (Å²) in [4.78, 5) is 27.4. The van der Waals surface area contributed by atoms with Crippen molar-refractivity contribution in [2.45, 2.75) is 44.9 Å². The van der Waals surface area contributed by atoms with Crippen LogP contribution < -0.4 is 10.3 Å². The highest BCUT2D eigenvalue weighted by atomic mass is 32.1. The lowest BCUT2D eigenvalue weighted by atomic mass is 9.95. The normalized spacial score (nSPS) is 13.3. The first kappa shape index (κ1) is 24.4. The molecule has 5 aromatic rings. The Labute approximate surface area is 225 Å². The predicted octanol–water partition coefficient (Wildman–Crippen LogP) is 7.53. The standard InChI is InChI=1S/C32H29NO4S/c1-2-3-17-37-25-15-13-22(14-16-25)30-29(32(35)36)33-27(34)19-24(28(21-11-12-21)31(33)38-30)18-23-9-6-8-20-7-4-5-10-26(20)23/h4-10,13-16,19,21H,2-3,11-12,17-18H2,1H3,(H,35,36). The zero-order valence-corrected chi connectivity index (χ0v) is 22.1. The molecule has 5 nitrogen and oxygen atoms in total. The van der Waals surface area contributed by atoms with E-state index in [0.717, 1.165) is 53.0 Å². The van der Waals surface area contributed by atoms with Gasteiger partial charge in [-0.05, 0) is 88.9 Å². The molecule has 1 aliphatic rings. The molecule has 0 saturated heterocycles. The molecule has 0 unspecified atom stereocenters. The number of unbranched alkanes of at least 4 members (excludes halogenated alkanes) is 1. The topological polar surface area (TPSA) is 68.0 Å². The summed E-state index contributed by atoms with van der Waals surface area (Å²) in [5.41, 5.74) is 3.81. The summed E-state index contributed by atoms with van der Waals surface area (Å²) >= 11 is 1.41. The van der Waals surface area contributed by atoms with E-state index in [9.17, 15) is 14.7 Å². The number of carbonyl (C=O) groups is 1. The second-order valence-electron chi connectivity index (χ2n) is 9.96. The van der Waals surface area contributed by atoms with Crippen LogP contribution in [0.4, 0.5) is 0 Å². The molecule has 6 rings (SSSR count). The van der Waals surface area contributed by atoms with E-state index in [2.05, 4.69) is 37.3 Å². The molecule has 3 aromatic carbocycles. The zero-order chi connectivity index (χ0) is 26.2. The fraction of sp³-hybridized carbons (Fsp3) is 0.250. The number of hydrogen-bond donors (Lipinski definition) is 1. The first-order valence-corrected chi connectivity index (χ1v) is 14.0. The van der Waals surface area contributed by atoms with Gasteiger partial charge in [0.25, 0.3) is 5.56 Å². The van der Waals surface area contributed by atoms with Crippen molar-refractivity contribution in [3.63, 3.8) is 0 Å². The van der Waals surface area contributed by atoms with Crippen molar-refractivity contribution in [1.29, 1.82) is 0 Å². The molecule has 1 saturated carbocycles. The third-order valence-electron chi connectivity index (χ3n) is 7.27. The number of benzene rings is 3. The minimum Gasteiger partial charge on any atom is -0.494 e. The predicted molar refractivity (Wildman–Crippen MR) is 153 cm³/mol. The Balaban J connectivity index is 1.48. The first-order chi connectivity index (χ1) is 18.5. The van der Waals surface area contributed by atoms with E-state index in [0.29, 0.717) is 23.8 Å². The summed E-state index contributed by atoms with van der Waals surface area (Å²) < 4.78 is 7.21. The zero-order valence-electron chi connectivity index (χ0n) is 21.3. The molecule has 192 valence electrons. The molecule has 0 bridgehead atoms. The SMILES string of the molecule is CCCCOc1ccc(-c2sc3c(C4CC4)c(Cc4cccc5ccccc45)cc(=O)n3c2C(=O)O)cc1. The van der Waals surface area contributed by atoms with Gasteiger partial charge in [0.1, 0.15) is 10.6 Å². The quantitative estimate of drug-likeness (QED) is 0.203. The molecule has 0 radical (unpaired) electrons. The van der Waals surface area contributed by atoms with Crippen LogP contribution in [0.2, 0.25) is 0 Å². The number of aromatic nitrogens is 1. The Kier molecular flexibility index (Phi) is 6.50. The molecule has 0 spiro atoms. The minimum absolute atomic E-state index is 0.0354. The Bertz CT molecular complexity index is 1700. The lowest BCUT2D eigenvalue weighted by Gasteiger charge is -2.13. The lowest BCUT2D eigenvalue weighted by molar-refractivity contribution is 0.0690. The molecule has 0 atom stereocenters. The number of ether oxygens (including phenoxy) is 1. The number of pyridine rings is 1. The van der Waals surface area contributed by atoms with E-state index in [4.69, 9.17) is 4.74 Å². The fourth-order valence-electron chi connectivity index (χ4n) is 5.24. The lowest BCUT2D eigenvalue weighted by Crippen LogP contribution is -2.19. The van der Waals surface area contributed by atoms with Gasteiger partial charge < -0.3 is 9.84 Å². The molecule has 38 heavy (non-hydrogen) atoms. The van der Waals surface area contributed by atoms with Crippen molar-refractivity contribution >= 4 is 32.9 Å². The van der Waals surface area contributed by atoms with Gasteiger partial charge in [-0.1, -0.05) is 55.8 Å². The van der Waals surface area contributed by atoms with Gasteiger partial charge in [0, 0.05) is 6.07 Å². The van der Waals surface area contributed by atoms with Crippen molar-refractivity contribution in [3.8, 4) is 16.2 Å². The van der Waals surface area contributed by atoms with Crippen molar-refractivity contribution < 1.29 is 14.6 Å². The number of aromatic carboxylic acids is 1. The van der Waals surface area contributed by atoms with Crippen LogP contribution in [0.5, 0.6) is 5.75 Å². The van der Waals surface area contributed by atoms with Crippen LogP contribution >= 0.6 is 11.3 Å². The second kappa shape index (κ2) is 10.1. The Morgan fingerprint density at radius 2 is 1.79 bits per heavy atom. The van der Waals surface area contributed by atoms with Gasteiger partial charge in [0.05, 0.1) is 11.5 Å². The van der Waals surface area contributed by atoms with Crippen LogP contribution in [0.25, 0.3) is 26.0 Å². The Morgan fingerprint density at radius 1 is 1.03 bits per heavy atom. The highest BCUT2D eigenvalue weighted by molar-refractivity contribution is 7.21. The van der Waals surface area contributed by atoms with Crippen molar-refractivity contribution in [2.24, 2.45) is 0 Å². The van der Waals surface area contributed by atoms with Crippen molar-refractivity contribution in [3.05, 3.63) is 106 Å². The third kappa shape index (κ3) is 4.50. The molecule has 2 aromatic heterocycles. The number of carboxylic acid groups (broad SMARTS) is 1. The summed E-state index contributed by atoms with van der Waals surface area (Å²) in [5.74, 6) is 0.00614. The van der Waals surface area contributed by atoms with E-state index < -0.39 is 5.97 Å². The molecule has 1 aliphatic carbocycles. The van der Waals surface area contributed by atoms with Gasteiger partial charge in [0.2, 0.25) is 0 Å². The van der Waals surface area contributed by atoms with Crippen LogP contribution in [0.3, 0.4) is 0 Å².